The van der Waals surface area contributed by atoms with Crippen molar-refractivity contribution in [1.29, 1.82) is 0 Å². The first-order chi connectivity index (χ1) is 6.52. The summed E-state index contributed by atoms with van der Waals surface area (Å²) in [7, 11) is -3.35. The van der Waals surface area contributed by atoms with Crippen LogP contribution in [0.1, 0.15) is 10.8 Å². The van der Waals surface area contributed by atoms with Gasteiger partial charge in [0.05, 0.1) is 10.6 Å². The summed E-state index contributed by atoms with van der Waals surface area (Å²) in [5, 5.41) is -0.795. The van der Waals surface area contributed by atoms with E-state index in [1.165, 1.54) is 6.07 Å². The highest BCUT2D eigenvalue weighted by Gasteiger charge is 2.37. The molecule has 2 atom stereocenters. The summed E-state index contributed by atoms with van der Waals surface area (Å²) >= 11 is -2.13. The van der Waals surface area contributed by atoms with Gasteiger partial charge in [-0.1, -0.05) is 18.2 Å². The Hall–Kier alpha value is -0.720. The molecule has 0 saturated carbocycles. The van der Waals surface area contributed by atoms with E-state index in [2.05, 4.69) is 0 Å². The van der Waals surface area contributed by atoms with E-state index >= 15 is 0 Å². The Morgan fingerprint density at radius 3 is 2.64 bits per heavy atom. The first kappa shape index (κ1) is 9.82. The van der Waals surface area contributed by atoms with Gasteiger partial charge in [-0.3, -0.25) is 0 Å². The van der Waals surface area contributed by atoms with E-state index in [0.717, 1.165) is 0 Å². The zero-order valence-electron chi connectivity index (χ0n) is 7.08. The topological polar surface area (TPSA) is 71.4 Å². The van der Waals surface area contributed by atoms with E-state index < -0.39 is 26.2 Å². The number of hydrogen-bond acceptors (Lipinski definition) is 3. The first-order valence-electron chi connectivity index (χ1n) is 3.94. The average molecular weight is 232 g/mol. The third-order valence-electron chi connectivity index (χ3n) is 2.22. The van der Waals surface area contributed by atoms with Crippen LogP contribution in [0, 0.1) is 0 Å². The second kappa shape index (κ2) is 3.15. The maximum Gasteiger partial charge on any atom is 0.180 e. The number of sulfone groups is 1. The van der Waals surface area contributed by atoms with E-state index in [9.17, 15) is 12.6 Å². The van der Waals surface area contributed by atoms with Gasteiger partial charge in [0.25, 0.3) is 0 Å². The number of rotatable bonds is 1. The third-order valence-corrected chi connectivity index (χ3v) is 5.15. The number of hydrogen-bond donors (Lipinski definition) is 1. The van der Waals surface area contributed by atoms with Crippen LogP contribution in [0.3, 0.4) is 0 Å². The van der Waals surface area contributed by atoms with Crippen molar-refractivity contribution in [3.63, 3.8) is 0 Å². The van der Waals surface area contributed by atoms with Crippen LogP contribution < -0.4 is 0 Å². The molecule has 76 valence electrons. The monoisotopic (exact) mass is 232 g/mol. The van der Waals surface area contributed by atoms with Crippen LogP contribution >= 0.6 is 0 Å². The zero-order valence-corrected chi connectivity index (χ0v) is 8.72. The smallest absolute Gasteiger partial charge is 0.180 e. The van der Waals surface area contributed by atoms with Gasteiger partial charge in [-0.25, -0.2) is 12.6 Å². The van der Waals surface area contributed by atoms with E-state index in [1.807, 2.05) is 0 Å². The molecule has 0 fully saturated rings. The third kappa shape index (κ3) is 1.39. The molecule has 0 spiro atoms. The normalized spacial score (nSPS) is 25.6. The fourth-order valence-electron chi connectivity index (χ4n) is 1.58. The molecule has 0 bridgehead atoms. The predicted octanol–water partition coefficient (Wildman–Crippen LogP) is 0.737. The summed E-state index contributed by atoms with van der Waals surface area (Å²) < 4.78 is 42.9. The molecule has 0 saturated heterocycles. The van der Waals surface area contributed by atoms with Gasteiger partial charge in [0, 0.05) is 0 Å². The molecule has 1 aliphatic rings. The van der Waals surface area contributed by atoms with Gasteiger partial charge in [-0.15, -0.1) is 0 Å². The van der Waals surface area contributed by atoms with Gasteiger partial charge in [-0.2, -0.15) is 0 Å². The van der Waals surface area contributed by atoms with Gasteiger partial charge in [-0.05, 0) is 11.6 Å². The Kier molecular flexibility index (Phi) is 2.21. The molecule has 2 rings (SSSR count). The maximum atomic E-state index is 11.5. The van der Waals surface area contributed by atoms with Crippen LogP contribution in [0.15, 0.2) is 29.2 Å². The van der Waals surface area contributed by atoms with Crippen molar-refractivity contribution >= 4 is 20.9 Å². The van der Waals surface area contributed by atoms with Crippen LogP contribution in [0.25, 0.3) is 0 Å². The molecule has 2 unspecified atom stereocenters. The van der Waals surface area contributed by atoms with Crippen molar-refractivity contribution in [2.45, 2.75) is 10.1 Å². The van der Waals surface area contributed by atoms with E-state index in [-0.39, 0.29) is 10.6 Å². The summed E-state index contributed by atoms with van der Waals surface area (Å²) in [5.41, 5.74) is 0.452. The van der Waals surface area contributed by atoms with Crippen molar-refractivity contribution in [1.82, 2.24) is 0 Å². The second-order valence-corrected chi connectivity index (χ2v) is 6.21. The summed E-state index contributed by atoms with van der Waals surface area (Å²) in [6, 6.07) is 6.33. The molecular weight excluding hydrogens is 224 g/mol. The minimum absolute atomic E-state index is 0.187. The summed E-state index contributed by atoms with van der Waals surface area (Å²) in [6.07, 6.45) is 0. The average Bonchev–Trinajstić information content (AvgIpc) is 2.40. The van der Waals surface area contributed by atoms with E-state index in [1.54, 1.807) is 18.2 Å². The molecule has 6 heteroatoms. The minimum Gasteiger partial charge on any atom is -0.306 e. The molecule has 1 aliphatic heterocycles. The molecule has 0 amide bonds. The highest BCUT2D eigenvalue weighted by molar-refractivity contribution is 7.93. The molecule has 14 heavy (non-hydrogen) atoms. The lowest BCUT2D eigenvalue weighted by Gasteiger charge is -2.02. The minimum atomic E-state index is -3.35. The molecule has 1 heterocycles. The molecule has 0 aliphatic carbocycles. The lowest BCUT2D eigenvalue weighted by molar-refractivity contribution is 0.553. The van der Waals surface area contributed by atoms with Gasteiger partial charge < -0.3 is 4.55 Å². The van der Waals surface area contributed by atoms with Gasteiger partial charge in [0.2, 0.25) is 0 Å². The summed E-state index contributed by atoms with van der Waals surface area (Å²) in [4.78, 5) is 0.187. The Morgan fingerprint density at radius 1 is 1.36 bits per heavy atom. The largest absolute Gasteiger partial charge is 0.306 e. The van der Waals surface area contributed by atoms with Crippen molar-refractivity contribution in [3.8, 4) is 0 Å². The van der Waals surface area contributed by atoms with Gasteiger partial charge in [0.1, 0.15) is 5.25 Å². The quantitative estimate of drug-likeness (QED) is 0.725. The number of fused-ring (bicyclic) bond motifs is 1. The van der Waals surface area contributed by atoms with E-state index in [0.29, 0.717) is 5.56 Å². The SMILES string of the molecule is O=S(O)C1CS(=O)(=O)c2ccccc21. The van der Waals surface area contributed by atoms with Crippen LogP contribution in [0.4, 0.5) is 0 Å². The van der Waals surface area contributed by atoms with Crippen molar-refractivity contribution < 1.29 is 17.2 Å². The van der Waals surface area contributed by atoms with Crippen LogP contribution in [-0.2, 0) is 20.9 Å². The van der Waals surface area contributed by atoms with E-state index in [4.69, 9.17) is 4.55 Å². The molecule has 1 aromatic rings. The molecule has 0 aromatic heterocycles. The Balaban J connectivity index is 2.66. The van der Waals surface area contributed by atoms with Crippen molar-refractivity contribution in [3.05, 3.63) is 29.8 Å². The maximum absolute atomic E-state index is 11.5. The van der Waals surface area contributed by atoms with Gasteiger partial charge >= 0.3 is 0 Å². The van der Waals surface area contributed by atoms with Crippen LogP contribution in [-0.4, -0.2) is 22.9 Å². The summed E-state index contributed by atoms with van der Waals surface area (Å²) in [5.74, 6) is -0.268. The highest BCUT2D eigenvalue weighted by Crippen LogP contribution is 2.35. The second-order valence-electron chi connectivity index (χ2n) is 3.08. The first-order valence-corrected chi connectivity index (χ1v) is 6.76. The lowest BCUT2D eigenvalue weighted by atomic mass is 10.2. The Bertz CT molecular complexity index is 492. The Labute approximate surface area is 84.2 Å². The zero-order chi connectivity index (χ0) is 10.3. The molecule has 4 nitrogen and oxygen atoms in total. The van der Waals surface area contributed by atoms with Gasteiger partial charge in [0.15, 0.2) is 20.9 Å². The van der Waals surface area contributed by atoms with Crippen LogP contribution in [0.5, 0.6) is 0 Å². The standard InChI is InChI=1S/C8H8O4S2/c9-13(10)7-5-14(11,12)8-4-2-1-3-6(7)8/h1-4,7H,5H2,(H,9,10). The number of benzene rings is 1. The predicted molar refractivity (Wildman–Crippen MR) is 52.0 cm³/mol. The fourth-order valence-corrected chi connectivity index (χ4v) is 4.69. The summed E-state index contributed by atoms with van der Waals surface area (Å²) in [6.45, 7) is 0. The molecule has 0 radical (unpaired) electrons. The van der Waals surface area contributed by atoms with Crippen LogP contribution in [0.2, 0.25) is 0 Å². The molecular formula is C8H8O4S2. The Morgan fingerprint density at radius 2 is 2.00 bits per heavy atom. The fraction of sp³-hybridized carbons (Fsp3) is 0.250. The highest BCUT2D eigenvalue weighted by atomic mass is 32.2. The lowest BCUT2D eigenvalue weighted by Crippen LogP contribution is -2.08. The molecule has 1 aromatic carbocycles. The molecule has 1 N–H and O–H groups in total. The van der Waals surface area contributed by atoms with Crippen molar-refractivity contribution in [2.75, 3.05) is 5.75 Å². The van der Waals surface area contributed by atoms with Crippen molar-refractivity contribution in [2.24, 2.45) is 0 Å².